The van der Waals surface area contributed by atoms with Crippen LogP contribution in [0.1, 0.15) is 57.7 Å². The van der Waals surface area contributed by atoms with Crippen LogP contribution in [0.15, 0.2) is 5.38 Å². The summed E-state index contributed by atoms with van der Waals surface area (Å²) in [4.78, 5) is 16.7. The van der Waals surface area contributed by atoms with Crippen molar-refractivity contribution in [1.29, 1.82) is 0 Å². The lowest BCUT2D eigenvalue weighted by molar-refractivity contribution is -0.122. The summed E-state index contributed by atoms with van der Waals surface area (Å²) in [5.74, 6) is 1.21. The summed E-state index contributed by atoms with van der Waals surface area (Å²) in [6, 6.07) is 0. The zero-order chi connectivity index (χ0) is 16.2. The van der Waals surface area contributed by atoms with Gasteiger partial charge in [-0.1, -0.05) is 27.7 Å². The molecule has 2 atom stereocenters. The summed E-state index contributed by atoms with van der Waals surface area (Å²) in [5, 5.41) is 9.53. The third kappa shape index (κ3) is 7.26. The Balaban J connectivity index is 0.00000264. The highest BCUT2D eigenvalue weighted by atomic mass is 35.5. The molecule has 2 unspecified atom stereocenters. The Labute approximate surface area is 162 Å². The van der Waals surface area contributed by atoms with Crippen molar-refractivity contribution in [3.05, 3.63) is 16.1 Å². The molecule has 0 aromatic carbocycles. The maximum absolute atomic E-state index is 12.1. The van der Waals surface area contributed by atoms with Crippen LogP contribution in [-0.2, 0) is 16.8 Å². The lowest BCUT2D eigenvalue weighted by Crippen LogP contribution is -2.35. The lowest BCUT2D eigenvalue weighted by atomic mass is 9.85. The van der Waals surface area contributed by atoms with Crippen molar-refractivity contribution in [3.8, 4) is 0 Å². The lowest BCUT2D eigenvalue weighted by Gasteiger charge is -2.27. The van der Waals surface area contributed by atoms with E-state index in [4.69, 9.17) is 0 Å². The van der Waals surface area contributed by atoms with Gasteiger partial charge in [0, 0.05) is 17.2 Å². The zero-order valence-electron chi connectivity index (χ0n) is 15.1. The monoisotopic (exact) mass is 395 g/mol. The number of amides is 1. The molecule has 1 saturated heterocycles. The molecule has 2 rings (SSSR count). The van der Waals surface area contributed by atoms with Crippen LogP contribution < -0.4 is 10.6 Å². The highest BCUT2D eigenvalue weighted by molar-refractivity contribution is 7.09. The van der Waals surface area contributed by atoms with Crippen molar-refractivity contribution >= 4 is 42.1 Å². The van der Waals surface area contributed by atoms with Gasteiger partial charge < -0.3 is 10.6 Å². The summed E-state index contributed by atoms with van der Waals surface area (Å²) < 4.78 is 0. The maximum atomic E-state index is 12.1. The molecule has 2 N–H and O–H groups in total. The quantitative estimate of drug-likeness (QED) is 0.793. The molecule has 0 spiro atoms. The number of hydrogen-bond donors (Lipinski definition) is 2. The number of thiazole rings is 1. The Morgan fingerprint density at radius 3 is 2.71 bits per heavy atom. The first-order chi connectivity index (χ1) is 10.4. The molecule has 0 bridgehead atoms. The fraction of sp³-hybridized carbons (Fsp3) is 0.765. The van der Waals surface area contributed by atoms with Crippen molar-refractivity contribution in [2.75, 3.05) is 13.1 Å². The molecule has 1 aromatic heterocycles. The van der Waals surface area contributed by atoms with Crippen molar-refractivity contribution in [1.82, 2.24) is 15.6 Å². The van der Waals surface area contributed by atoms with E-state index in [1.807, 2.05) is 0 Å². The SMILES string of the molecule is CC(CC(=O)NCc1nc(C(C)(C)C)cs1)C1CCCNC1.Cl.Cl. The van der Waals surface area contributed by atoms with Gasteiger partial charge in [0.1, 0.15) is 5.01 Å². The van der Waals surface area contributed by atoms with Gasteiger partial charge in [-0.05, 0) is 37.8 Å². The molecule has 1 fully saturated rings. The van der Waals surface area contributed by atoms with Crippen LogP contribution >= 0.6 is 36.2 Å². The molecule has 1 aromatic rings. The van der Waals surface area contributed by atoms with Crippen LogP contribution in [-0.4, -0.2) is 24.0 Å². The van der Waals surface area contributed by atoms with Crippen LogP contribution in [0.3, 0.4) is 0 Å². The second-order valence-electron chi connectivity index (χ2n) is 7.44. The van der Waals surface area contributed by atoms with Crippen molar-refractivity contribution in [2.24, 2.45) is 11.8 Å². The second-order valence-corrected chi connectivity index (χ2v) is 8.38. The van der Waals surface area contributed by atoms with Gasteiger partial charge in [-0.2, -0.15) is 0 Å². The van der Waals surface area contributed by atoms with Gasteiger partial charge in [-0.15, -0.1) is 36.2 Å². The molecule has 1 aliphatic rings. The van der Waals surface area contributed by atoms with Gasteiger partial charge in [0.15, 0.2) is 0 Å². The first kappa shape index (κ1) is 23.6. The highest BCUT2D eigenvalue weighted by Gasteiger charge is 2.22. The zero-order valence-corrected chi connectivity index (χ0v) is 17.5. The van der Waals surface area contributed by atoms with E-state index in [0.717, 1.165) is 23.8 Å². The van der Waals surface area contributed by atoms with Crippen molar-refractivity contribution < 1.29 is 4.79 Å². The molecule has 0 aliphatic carbocycles. The van der Waals surface area contributed by atoms with Gasteiger partial charge in [0.25, 0.3) is 0 Å². The fourth-order valence-electron chi connectivity index (χ4n) is 2.81. The van der Waals surface area contributed by atoms with Gasteiger partial charge in [-0.25, -0.2) is 4.98 Å². The minimum atomic E-state index is 0. The molecule has 4 nitrogen and oxygen atoms in total. The molecule has 140 valence electrons. The molecule has 7 heteroatoms. The van der Waals surface area contributed by atoms with Crippen molar-refractivity contribution in [3.63, 3.8) is 0 Å². The van der Waals surface area contributed by atoms with E-state index in [0.29, 0.717) is 24.8 Å². The smallest absolute Gasteiger partial charge is 0.220 e. The van der Waals surface area contributed by atoms with E-state index in [2.05, 4.69) is 48.7 Å². The van der Waals surface area contributed by atoms with Crippen molar-refractivity contribution in [2.45, 2.75) is 58.9 Å². The van der Waals surface area contributed by atoms with E-state index in [9.17, 15) is 4.79 Å². The Morgan fingerprint density at radius 1 is 1.46 bits per heavy atom. The number of nitrogens with one attached hydrogen (secondary N) is 2. The largest absolute Gasteiger partial charge is 0.350 e. The summed E-state index contributed by atoms with van der Waals surface area (Å²) in [7, 11) is 0. The van der Waals surface area contributed by atoms with E-state index in [1.54, 1.807) is 11.3 Å². The molecule has 0 saturated carbocycles. The number of piperidine rings is 1. The molecular weight excluding hydrogens is 365 g/mol. The van der Waals surface area contributed by atoms with Gasteiger partial charge in [0.2, 0.25) is 5.91 Å². The van der Waals surface area contributed by atoms with Crippen LogP contribution in [0.4, 0.5) is 0 Å². The average Bonchev–Trinajstić information content (AvgIpc) is 2.95. The summed E-state index contributed by atoms with van der Waals surface area (Å²) in [6.07, 6.45) is 3.08. The highest BCUT2D eigenvalue weighted by Crippen LogP contribution is 2.24. The predicted molar refractivity (Wildman–Crippen MR) is 107 cm³/mol. The van der Waals surface area contributed by atoms with E-state index < -0.39 is 0 Å². The van der Waals surface area contributed by atoms with Crippen LogP contribution in [0, 0.1) is 11.8 Å². The maximum Gasteiger partial charge on any atom is 0.220 e. The van der Waals surface area contributed by atoms with Crippen LogP contribution in [0.2, 0.25) is 0 Å². The standard InChI is InChI=1S/C17H29N3OS.2ClH/c1-12(13-6-5-7-18-9-13)8-15(21)19-10-16-20-14(11-22-16)17(2,3)4;;/h11-13,18H,5-10H2,1-4H3,(H,19,21);2*1H. The van der Waals surface area contributed by atoms with E-state index in [-0.39, 0.29) is 36.1 Å². The number of carbonyl (C=O) groups excluding carboxylic acids is 1. The van der Waals surface area contributed by atoms with Crippen LogP contribution in [0.5, 0.6) is 0 Å². The summed E-state index contributed by atoms with van der Waals surface area (Å²) >= 11 is 1.63. The summed E-state index contributed by atoms with van der Waals surface area (Å²) in [5.41, 5.74) is 1.17. The number of halogens is 2. The molecule has 1 amide bonds. The molecular formula is C17H31Cl2N3OS. The van der Waals surface area contributed by atoms with E-state index in [1.165, 1.54) is 12.8 Å². The number of carbonyl (C=O) groups is 1. The average molecular weight is 396 g/mol. The number of hydrogen-bond acceptors (Lipinski definition) is 4. The Bertz CT molecular complexity index is 496. The van der Waals surface area contributed by atoms with Gasteiger partial charge in [-0.3, -0.25) is 4.79 Å². The van der Waals surface area contributed by atoms with Gasteiger partial charge in [0.05, 0.1) is 12.2 Å². The Morgan fingerprint density at radius 2 is 2.17 bits per heavy atom. The number of aromatic nitrogens is 1. The minimum Gasteiger partial charge on any atom is -0.350 e. The normalized spacial score (nSPS) is 18.9. The number of rotatable bonds is 5. The second kappa shape index (κ2) is 10.6. The number of nitrogens with zero attached hydrogens (tertiary/aromatic N) is 1. The van der Waals surface area contributed by atoms with Gasteiger partial charge >= 0.3 is 0 Å². The summed E-state index contributed by atoms with van der Waals surface area (Å²) in [6.45, 7) is 11.4. The van der Waals surface area contributed by atoms with E-state index >= 15 is 0 Å². The Kier molecular flexibility index (Phi) is 10.4. The topological polar surface area (TPSA) is 54.0 Å². The Hall–Kier alpha value is -0.360. The molecule has 24 heavy (non-hydrogen) atoms. The molecule has 2 heterocycles. The minimum absolute atomic E-state index is 0. The fourth-order valence-corrected chi connectivity index (χ4v) is 3.77. The van der Waals surface area contributed by atoms with Crippen LogP contribution in [0.25, 0.3) is 0 Å². The third-order valence-electron chi connectivity index (χ3n) is 4.40. The predicted octanol–water partition coefficient (Wildman–Crippen LogP) is 3.93. The third-order valence-corrected chi connectivity index (χ3v) is 5.25. The first-order valence-corrected chi connectivity index (χ1v) is 9.16. The first-order valence-electron chi connectivity index (χ1n) is 8.28. The molecule has 1 aliphatic heterocycles. The molecule has 0 radical (unpaired) electrons.